The lowest BCUT2D eigenvalue weighted by Gasteiger charge is -2.28. The monoisotopic (exact) mass is 826 g/mol. The second kappa shape index (κ2) is 12.0. The molecule has 0 spiro atoms. The molecule has 1 aromatic heterocycles. The Balaban J connectivity index is 1.20. The van der Waals surface area contributed by atoms with Gasteiger partial charge < -0.3 is 4.74 Å². The van der Waals surface area contributed by atoms with Crippen LogP contribution in [0.25, 0.3) is 22.2 Å². The van der Waals surface area contributed by atoms with E-state index in [1.165, 1.54) is 17.9 Å². The molecule has 4 aromatic rings. The molecule has 0 radical (unpaired) electrons. The van der Waals surface area contributed by atoms with Crippen LogP contribution in [0.1, 0.15) is 39.6 Å². The zero-order chi connectivity index (χ0) is 32.6. The number of aromatic nitrogens is 1. The van der Waals surface area contributed by atoms with E-state index in [0.29, 0.717) is 38.4 Å². The van der Waals surface area contributed by atoms with Crippen molar-refractivity contribution < 1.29 is 23.9 Å². The number of ether oxygens (including phenoxy) is 1. The van der Waals surface area contributed by atoms with Crippen LogP contribution in [-0.4, -0.2) is 44.3 Å². The number of imide groups is 1. The lowest BCUT2D eigenvalue weighted by Crippen LogP contribution is -2.37. The molecular weight excluding hydrogens is 804 g/mol. The summed E-state index contributed by atoms with van der Waals surface area (Å²) in [5.41, 5.74) is 3.74. The zero-order valence-electron chi connectivity index (χ0n) is 24.5. The number of hydrogen-bond donors (Lipinski definition) is 0. The van der Waals surface area contributed by atoms with Gasteiger partial charge in [0, 0.05) is 35.7 Å². The summed E-state index contributed by atoms with van der Waals surface area (Å²) in [7, 11) is 0. The van der Waals surface area contributed by atoms with Crippen molar-refractivity contribution in [2.75, 3.05) is 4.90 Å². The van der Waals surface area contributed by atoms with E-state index in [9.17, 15) is 19.2 Å². The van der Waals surface area contributed by atoms with E-state index in [1.54, 1.807) is 54.6 Å². The van der Waals surface area contributed by atoms with Gasteiger partial charge in [0.1, 0.15) is 0 Å². The van der Waals surface area contributed by atoms with Gasteiger partial charge in [-0.3, -0.25) is 19.3 Å². The lowest BCUT2D eigenvalue weighted by atomic mass is 9.81. The van der Waals surface area contributed by atoms with Crippen LogP contribution in [0, 0.1) is 30.6 Å². The first-order valence-electron chi connectivity index (χ1n) is 14.8. The van der Waals surface area contributed by atoms with Crippen LogP contribution >= 0.6 is 59.4 Å². The highest BCUT2D eigenvalue weighted by Gasteiger charge is 2.66. The van der Waals surface area contributed by atoms with Gasteiger partial charge in [0.25, 0.3) is 0 Å². The van der Waals surface area contributed by atoms with Crippen molar-refractivity contribution in [1.29, 1.82) is 0 Å². The molecule has 1 saturated heterocycles. The molecule has 2 bridgehead atoms. The van der Waals surface area contributed by atoms with E-state index in [4.69, 9.17) is 21.3 Å². The number of hydrogen-bond acceptors (Lipinski definition) is 6. The van der Waals surface area contributed by atoms with Gasteiger partial charge >= 0.3 is 5.97 Å². The van der Waals surface area contributed by atoms with E-state index in [2.05, 4.69) is 47.8 Å². The number of esters is 1. The van der Waals surface area contributed by atoms with Gasteiger partial charge in [0.05, 0.1) is 34.3 Å². The van der Waals surface area contributed by atoms with E-state index >= 15 is 0 Å². The van der Waals surface area contributed by atoms with Gasteiger partial charge in [0.2, 0.25) is 17.6 Å². The number of pyridine rings is 1. The Bertz CT molecular complexity index is 1940. The number of rotatable bonds is 6. The molecule has 3 aliphatic rings. The van der Waals surface area contributed by atoms with Crippen LogP contribution < -0.4 is 4.90 Å². The molecule has 3 aromatic carbocycles. The summed E-state index contributed by atoms with van der Waals surface area (Å²) < 4.78 is 6.46. The molecule has 7 nitrogen and oxygen atoms in total. The third-order valence-electron chi connectivity index (χ3n) is 9.46. The molecule has 2 aliphatic carbocycles. The molecular formula is C35H26Br3ClN2O5. The minimum absolute atomic E-state index is 0.131. The number of halogens is 4. The second-order valence-electron chi connectivity index (χ2n) is 12.2. The van der Waals surface area contributed by atoms with E-state index in [0.717, 1.165) is 16.5 Å². The number of anilines is 1. The van der Waals surface area contributed by atoms with Crippen molar-refractivity contribution in [2.45, 2.75) is 36.0 Å². The standard InChI is InChI=1S/C35H26Br3ClN2O5/c1-15-10-19(36)12-22-23(35(45)46-16(2)32(42)18-4-3-5-20(39)11-18)14-26(40-31(15)22)17-6-8-21(9-7-17)41-33(43)27-24-13-25(28(27)34(41)44)30(38)29(24)37/h3-12,14,16,24-25,27-30H,13H2,1-2H3. The van der Waals surface area contributed by atoms with Gasteiger partial charge in [-0.05, 0) is 80.1 Å². The Labute approximate surface area is 295 Å². The van der Waals surface area contributed by atoms with Gasteiger partial charge in [-0.1, -0.05) is 83.7 Å². The SMILES string of the molecule is Cc1cc(Br)cc2c(C(=O)OC(C)C(=O)c3cccc(Cl)c3)cc(-c3ccc(N4C(=O)C5C6CC(C(Br)C6Br)C5C4=O)cc3)nc12. The maximum atomic E-state index is 13.6. The fraction of sp³-hybridized carbons (Fsp3) is 0.286. The number of nitrogens with zero attached hydrogens (tertiary/aromatic N) is 2. The summed E-state index contributed by atoms with van der Waals surface area (Å²) >= 11 is 17.1. The van der Waals surface area contributed by atoms with Crippen molar-refractivity contribution in [1.82, 2.24) is 4.98 Å². The Morgan fingerprint density at radius 2 is 1.61 bits per heavy atom. The van der Waals surface area contributed by atoms with Crippen LogP contribution in [0.3, 0.4) is 0 Å². The van der Waals surface area contributed by atoms with E-state index in [-0.39, 0.29) is 56.5 Å². The topological polar surface area (TPSA) is 93.6 Å². The Morgan fingerprint density at radius 1 is 0.957 bits per heavy atom. The van der Waals surface area contributed by atoms with Gasteiger partial charge in [-0.25, -0.2) is 9.78 Å². The zero-order valence-corrected chi connectivity index (χ0v) is 30.1. The second-order valence-corrected chi connectivity index (χ2v) is 15.6. The number of carbonyl (C=O) groups excluding carboxylic acids is 4. The van der Waals surface area contributed by atoms with Crippen molar-refractivity contribution in [2.24, 2.45) is 23.7 Å². The lowest BCUT2D eigenvalue weighted by molar-refractivity contribution is -0.123. The van der Waals surface area contributed by atoms with Crippen LogP contribution in [0.4, 0.5) is 5.69 Å². The quantitative estimate of drug-likeness (QED) is 0.0841. The molecule has 7 rings (SSSR count). The number of carbonyl (C=O) groups is 4. The number of fused-ring (bicyclic) bond motifs is 6. The highest BCUT2D eigenvalue weighted by Crippen LogP contribution is 2.60. The predicted octanol–water partition coefficient (Wildman–Crippen LogP) is 8.34. The smallest absolute Gasteiger partial charge is 0.339 e. The molecule has 11 heteroatoms. The molecule has 2 amide bonds. The first-order valence-corrected chi connectivity index (χ1v) is 17.8. The number of alkyl halides is 2. The van der Waals surface area contributed by atoms with Crippen LogP contribution in [0.2, 0.25) is 5.02 Å². The van der Waals surface area contributed by atoms with Gasteiger partial charge in [0.15, 0.2) is 6.10 Å². The third-order valence-corrected chi connectivity index (χ3v) is 13.4. The van der Waals surface area contributed by atoms with E-state index < -0.39 is 12.1 Å². The van der Waals surface area contributed by atoms with Crippen molar-refractivity contribution in [3.05, 3.63) is 92.9 Å². The average Bonchev–Trinajstić information content (AvgIpc) is 3.65. The Morgan fingerprint density at radius 3 is 2.24 bits per heavy atom. The van der Waals surface area contributed by atoms with Crippen molar-refractivity contribution in [3.63, 3.8) is 0 Å². The van der Waals surface area contributed by atoms with Crippen molar-refractivity contribution >= 4 is 99.5 Å². The minimum atomic E-state index is -1.06. The summed E-state index contributed by atoms with van der Waals surface area (Å²) in [6, 6.07) is 18.9. The summed E-state index contributed by atoms with van der Waals surface area (Å²) in [4.78, 5) is 60.3. The molecule has 7 unspecified atom stereocenters. The molecule has 2 saturated carbocycles. The summed E-state index contributed by atoms with van der Waals surface area (Å²) in [6.45, 7) is 3.43. The predicted molar refractivity (Wildman–Crippen MR) is 187 cm³/mol. The maximum Gasteiger partial charge on any atom is 0.339 e. The van der Waals surface area contributed by atoms with Gasteiger partial charge in [-0.2, -0.15) is 0 Å². The highest BCUT2D eigenvalue weighted by atomic mass is 79.9. The summed E-state index contributed by atoms with van der Waals surface area (Å²) in [5, 5.41) is 0.985. The first-order chi connectivity index (χ1) is 21.9. The van der Waals surface area contributed by atoms with Gasteiger partial charge in [-0.15, -0.1) is 0 Å². The number of amides is 2. The molecule has 0 N–H and O–H groups in total. The molecule has 3 fully saturated rings. The fourth-order valence-electron chi connectivity index (χ4n) is 7.31. The molecule has 7 atom stereocenters. The Hall–Kier alpha value is -2.92. The normalized spacial score (nSPS) is 25.7. The van der Waals surface area contributed by atoms with Crippen LogP contribution in [0.5, 0.6) is 0 Å². The summed E-state index contributed by atoms with van der Waals surface area (Å²) in [5.74, 6) is -1.67. The molecule has 234 valence electrons. The number of Topliss-reactive ketones (excluding diaryl/α,β-unsaturated/α-hetero) is 1. The summed E-state index contributed by atoms with van der Waals surface area (Å²) in [6.07, 6.45) is -0.192. The van der Waals surface area contributed by atoms with Crippen LogP contribution in [-0.2, 0) is 14.3 Å². The van der Waals surface area contributed by atoms with Crippen molar-refractivity contribution in [3.8, 4) is 11.3 Å². The molecule has 2 heterocycles. The average molecular weight is 830 g/mol. The molecule has 46 heavy (non-hydrogen) atoms. The maximum absolute atomic E-state index is 13.6. The van der Waals surface area contributed by atoms with E-state index in [1.807, 2.05) is 13.0 Å². The molecule has 1 aliphatic heterocycles. The largest absolute Gasteiger partial charge is 0.451 e. The Kier molecular flexibility index (Phi) is 8.23. The minimum Gasteiger partial charge on any atom is -0.451 e. The number of benzene rings is 3. The third kappa shape index (κ3) is 5.16. The van der Waals surface area contributed by atoms with Crippen LogP contribution in [0.15, 0.2) is 71.2 Å². The first kappa shape index (κ1) is 31.7. The number of aryl methyl sites for hydroxylation is 1. The number of ketones is 1. The fourth-order valence-corrected chi connectivity index (χ4v) is 9.95. The highest BCUT2D eigenvalue weighted by molar-refractivity contribution is 9.12.